The van der Waals surface area contributed by atoms with Gasteiger partial charge in [-0.1, -0.05) is 51.0 Å². The van der Waals surface area contributed by atoms with E-state index in [1.807, 2.05) is 42.2 Å². The number of imidazole rings is 1. The first-order valence-electron chi connectivity index (χ1n) is 14.4. The topological polar surface area (TPSA) is 30.7 Å². The Morgan fingerprint density at radius 1 is 0.927 bits per heavy atom. The predicted octanol–water partition coefficient (Wildman–Crippen LogP) is 9.54. The van der Waals surface area contributed by atoms with Crippen LogP contribution in [0.4, 0.5) is 0 Å². The smallest absolute Gasteiger partial charge is 0.0777 e. The van der Waals surface area contributed by atoms with Crippen LogP contribution in [0, 0.1) is 18.1 Å². The maximum absolute atomic E-state index is 4.96. The number of hydrogen-bond donors (Lipinski definition) is 0. The van der Waals surface area contributed by atoms with Crippen LogP contribution in [0.15, 0.2) is 90.0 Å². The van der Waals surface area contributed by atoms with Gasteiger partial charge in [-0.25, -0.2) is 0 Å². The predicted molar refractivity (Wildman–Crippen MR) is 166 cm³/mol. The van der Waals surface area contributed by atoms with Gasteiger partial charge in [0.1, 0.15) is 0 Å². The third-order valence-corrected chi connectivity index (χ3v) is 9.75. The number of para-hydroxylation sites is 1. The van der Waals surface area contributed by atoms with Crippen molar-refractivity contribution in [3.05, 3.63) is 108 Å². The van der Waals surface area contributed by atoms with E-state index in [1.165, 1.54) is 47.2 Å². The molecular formula is C36H33IrN3S-2. The normalized spacial score (nSPS) is 18.4. The molecule has 1 unspecified atom stereocenters. The molecule has 8 rings (SSSR count). The maximum atomic E-state index is 4.96. The Morgan fingerprint density at radius 2 is 1.76 bits per heavy atom. The Hall–Kier alpha value is -2.98. The van der Waals surface area contributed by atoms with Gasteiger partial charge >= 0.3 is 0 Å². The Labute approximate surface area is 260 Å². The quantitative estimate of drug-likeness (QED) is 0.170. The van der Waals surface area contributed by atoms with Crippen molar-refractivity contribution in [1.82, 2.24) is 14.5 Å². The first-order valence-corrected chi connectivity index (χ1v) is 15.2. The molecule has 1 atom stereocenters. The van der Waals surface area contributed by atoms with Crippen LogP contribution in [0.25, 0.3) is 39.3 Å². The van der Waals surface area contributed by atoms with Gasteiger partial charge in [-0.15, -0.1) is 83.0 Å². The van der Waals surface area contributed by atoms with E-state index < -0.39 is 0 Å². The number of rotatable bonds is 2. The zero-order valence-electron chi connectivity index (χ0n) is 23.6. The van der Waals surface area contributed by atoms with Gasteiger partial charge in [-0.3, -0.25) is 4.98 Å². The van der Waals surface area contributed by atoms with Crippen LogP contribution in [0.3, 0.4) is 0 Å². The van der Waals surface area contributed by atoms with Crippen molar-refractivity contribution in [2.75, 3.05) is 0 Å². The molecule has 0 spiro atoms. The van der Waals surface area contributed by atoms with E-state index in [-0.39, 0.29) is 24.9 Å². The van der Waals surface area contributed by atoms with Gasteiger partial charge in [-0.2, -0.15) is 0 Å². The van der Waals surface area contributed by atoms with E-state index in [9.17, 15) is 0 Å². The summed E-state index contributed by atoms with van der Waals surface area (Å²) in [7, 11) is 0. The van der Waals surface area contributed by atoms with E-state index in [2.05, 4.69) is 97.1 Å². The fourth-order valence-corrected chi connectivity index (χ4v) is 7.87. The van der Waals surface area contributed by atoms with Gasteiger partial charge in [-0.05, 0) is 48.3 Å². The number of nitrogens with zero attached hydrogens (tertiary/aromatic N) is 3. The Kier molecular flexibility index (Phi) is 7.80. The number of thioether (sulfide) groups is 1. The summed E-state index contributed by atoms with van der Waals surface area (Å²) in [6, 6.07) is 32.1. The van der Waals surface area contributed by atoms with Gasteiger partial charge < -0.3 is 9.55 Å². The molecule has 3 aromatic carbocycles. The third-order valence-electron chi connectivity index (χ3n) is 8.47. The standard InChI is InChI=1S/C22H21N2.C14H12NS.Ir/c1-15-14-19(16-8-5-6-9-16)18-12-7-13-20-21(18)24(15)22(23-20)17-10-3-2-4-11-17;1-14(2)11-7-4-3-6-10(11)13-12(16-14)8-5-9-15-13;/h2-4,7,10,12-16H,5-6,8-9H2,1H3;3-5,7-9H,1-2H3;/q2*-1;. The second-order valence-electron chi connectivity index (χ2n) is 11.5. The van der Waals surface area contributed by atoms with Crippen molar-refractivity contribution in [2.24, 2.45) is 5.92 Å². The largest absolute Gasteiger partial charge is 0.358 e. The Balaban J connectivity index is 0.000000156. The summed E-state index contributed by atoms with van der Waals surface area (Å²) in [4.78, 5) is 10.7. The molecule has 2 aromatic heterocycles. The molecule has 1 fully saturated rings. The van der Waals surface area contributed by atoms with E-state index in [0.717, 1.165) is 34.1 Å². The van der Waals surface area contributed by atoms with Crippen molar-refractivity contribution in [3.63, 3.8) is 0 Å². The molecule has 1 radical (unpaired) electrons. The summed E-state index contributed by atoms with van der Waals surface area (Å²) in [5.74, 6) is 1.76. The zero-order chi connectivity index (χ0) is 27.3. The molecule has 0 bridgehead atoms. The van der Waals surface area contributed by atoms with Gasteiger partial charge in [0.05, 0.1) is 16.9 Å². The summed E-state index contributed by atoms with van der Waals surface area (Å²) in [5.41, 5.74) is 9.99. The van der Waals surface area contributed by atoms with Crippen molar-refractivity contribution < 1.29 is 20.1 Å². The number of pyridine rings is 1. The first-order chi connectivity index (χ1) is 19.5. The number of hydrogen-bond acceptors (Lipinski definition) is 3. The summed E-state index contributed by atoms with van der Waals surface area (Å²) in [6.45, 7) is 6.79. The van der Waals surface area contributed by atoms with Gasteiger partial charge in [0.25, 0.3) is 0 Å². The molecule has 1 saturated carbocycles. The van der Waals surface area contributed by atoms with Crippen molar-refractivity contribution in [1.29, 1.82) is 0 Å². The molecule has 3 nitrogen and oxygen atoms in total. The monoisotopic (exact) mass is 732 g/mol. The Bertz CT molecular complexity index is 1730. The average molecular weight is 732 g/mol. The zero-order valence-corrected chi connectivity index (χ0v) is 26.9. The molecule has 0 amide bonds. The van der Waals surface area contributed by atoms with E-state index in [4.69, 9.17) is 4.98 Å². The number of benzene rings is 3. The van der Waals surface area contributed by atoms with Crippen LogP contribution in [-0.2, 0) is 24.9 Å². The second kappa shape index (κ2) is 11.4. The molecule has 5 aromatic rings. The van der Waals surface area contributed by atoms with Gasteiger partial charge in [0.2, 0.25) is 0 Å². The number of allylic oxidation sites excluding steroid dienone is 2. The van der Waals surface area contributed by atoms with E-state index >= 15 is 0 Å². The summed E-state index contributed by atoms with van der Waals surface area (Å²) >= 11 is 1.87. The molecule has 4 heterocycles. The molecule has 0 saturated heterocycles. The minimum absolute atomic E-state index is 0. The van der Waals surface area contributed by atoms with E-state index in [1.54, 1.807) is 5.57 Å². The summed E-state index contributed by atoms with van der Waals surface area (Å²) < 4.78 is 2.50. The molecule has 5 heteroatoms. The maximum Gasteiger partial charge on any atom is 0.0777 e. The molecule has 1 aliphatic carbocycles. The second-order valence-corrected chi connectivity index (χ2v) is 13.2. The van der Waals surface area contributed by atoms with Crippen LogP contribution >= 0.6 is 11.8 Å². The fraction of sp³-hybridized carbons (Fsp3) is 0.278. The third kappa shape index (κ3) is 5.03. The molecule has 2 aliphatic heterocycles. The molecular weight excluding hydrogens is 699 g/mol. The first kappa shape index (κ1) is 28.2. The molecule has 3 aliphatic rings. The Morgan fingerprint density at radius 3 is 2.56 bits per heavy atom. The van der Waals surface area contributed by atoms with Gasteiger partial charge in [0.15, 0.2) is 0 Å². The average Bonchev–Trinajstić information content (AvgIpc) is 3.65. The van der Waals surface area contributed by atoms with Crippen molar-refractivity contribution >= 4 is 28.4 Å². The molecule has 209 valence electrons. The van der Waals surface area contributed by atoms with Crippen LogP contribution in [0.1, 0.15) is 63.6 Å². The van der Waals surface area contributed by atoms with Crippen LogP contribution < -0.4 is 0 Å². The SMILES string of the molecule is CC1(C)Sc2cccnc2-c2[c-]cccc21.CC1C=C(C2CCCC2)c2cccc3nc(-c4[c-]cccc4)n1c23.[Ir]. The minimum Gasteiger partial charge on any atom is -0.358 e. The summed E-state index contributed by atoms with van der Waals surface area (Å²) in [6.07, 6.45) is 9.74. The van der Waals surface area contributed by atoms with Crippen molar-refractivity contribution in [3.8, 4) is 22.6 Å². The molecule has 41 heavy (non-hydrogen) atoms. The minimum atomic E-state index is 0. The van der Waals surface area contributed by atoms with E-state index in [0.29, 0.717) is 6.04 Å². The van der Waals surface area contributed by atoms with Gasteiger partial charge in [0, 0.05) is 48.3 Å². The number of aromatic nitrogens is 3. The van der Waals surface area contributed by atoms with Crippen LogP contribution in [-0.4, -0.2) is 14.5 Å². The fourth-order valence-electron chi connectivity index (χ4n) is 6.64. The molecule has 0 N–H and O–H groups in total. The van der Waals surface area contributed by atoms with Crippen LogP contribution in [0.5, 0.6) is 0 Å². The van der Waals surface area contributed by atoms with Crippen molar-refractivity contribution in [2.45, 2.75) is 62.1 Å². The van der Waals surface area contributed by atoms with Crippen LogP contribution in [0.2, 0.25) is 0 Å². The summed E-state index contributed by atoms with van der Waals surface area (Å²) in [5, 5.41) is 0. The number of fused-ring (bicyclic) bond motifs is 3.